The predicted octanol–water partition coefficient (Wildman–Crippen LogP) is 15.1. The summed E-state index contributed by atoms with van der Waals surface area (Å²) in [4.78, 5) is 15.4. The third-order valence-electron chi connectivity index (χ3n) is 15.3. The van der Waals surface area contributed by atoms with Gasteiger partial charge >= 0.3 is 518 Å². The van der Waals surface area contributed by atoms with Gasteiger partial charge < -0.3 is 0 Å². The van der Waals surface area contributed by atoms with Crippen LogP contribution in [0.5, 0.6) is 0 Å². The third-order valence-corrected chi connectivity index (χ3v) is 25.2. The molecular formula is C74H47GeN5S. The van der Waals surface area contributed by atoms with Gasteiger partial charge in [0.05, 0.1) is 0 Å². The summed E-state index contributed by atoms with van der Waals surface area (Å²) in [5.41, 5.74) is -0.0420. The fraction of sp³-hybridized carbons (Fsp3) is 0.0135. The second kappa shape index (κ2) is 18.0. The summed E-state index contributed by atoms with van der Waals surface area (Å²) in [6.07, 6.45) is 0. The first-order valence-electron chi connectivity index (χ1n) is 40.2. The van der Waals surface area contributed by atoms with E-state index >= 15 is 0 Å². The van der Waals surface area contributed by atoms with Crippen molar-refractivity contribution in [2.75, 3.05) is 0 Å². The SMILES string of the molecule is [2H]c1c([2H])c([2H])[c]([Ge]([c]2ccc3c(c2)Sc2ccccc2C32c3ccccc3-c3cc4ccccc4cc32)([c]2c([2H])c([2H])c([2H])c([2H])c2[2H])[c]2c([2H])c([2H])c([2H])c(-c3nc(-n4c5c([2H])c([2H])c([2H])c([2H])c5c5c([2H])c([2H])c([2H])c([2H])c54)nc(-n4c5c([2H])c([2H])c([2H])c([2H])c5c5c([2H])c([2H])c([2H])c([2H])c54)n3)c2[2H])c([2H])c1[2H]. The molecule has 1 spiro atoms. The van der Waals surface area contributed by atoms with Crippen molar-refractivity contribution in [2.45, 2.75) is 15.2 Å². The number of hydrogen-bond donors (Lipinski definition) is 0. The van der Waals surface area contributed by atoms with Crippen LogP contribution in [-0.4, -0.2) is 37.4 Å². The van der Waals surface area contributed by atoms with E-state index in [0.717, 1.165) is 47.7 Å². The van der Waals surface area contributed by atoms with Crippen LogP contribution in [0.1, 0.15) is 63.4 Å². The van der Waals surface area contributed by atoms with Crippen LogP contribution in [0.15, 0.2) is 294 Å². The normalized spacial score (nSPS) is 19.6. The molecular weight excluding hydrogens is 1060 g/mol. The van der Waals surface area contributed by atoms with E-state index < -0.39 is 280 Å². The summed E-state index contributed by atoms with van der Waals surface area (Å²) < 4.78 is 285. The van der Waals surface area contributed by atoms with E-state index in [1.807, 2.05) is 72.8 Å². The molecule has 7 heteroatoms. The standard InChI is InChI=1S/C74H47GeN5S/c1-3-25-51(26-4-1)75(52-27-5-2-6-28-52,54-42-43-63-70(47-54)81-69-41-20-15-36-62(69)74(63)61-35-14-9-30-55(61)60-45-48-22-7-8-23-49(48)46-64(60)74)53-29-21-24-50(44-53)71-76-72(79-65-37-16-10-31-56(65)57-32-11-17-38-66(57)79)78-73(77-71)80-67-39-18-12-33-58(67)59-34-13-19-40-68(59)80/h1-47H/i1D,2D,3D,4D,5D,6D,10D,11D,12D,13D,16D,17D,18D,19D,21D,24D,25D,26D,27D,28D,29D,31D,32D,33D,34D,37D,38D,39D,40D,44D. The van der Waals surface area contributed by atoms with Crippen LogP contribution >= 0.6 is 11.8 Å². The van der Waals surface area contributed by atoms with Crippen LogP contribution in [0.4, 0.5) is 0 Å². The number of hydrogen-bond acceptors (Lipinski definition) is 4. The summed E-state index contributed by atoms with van der Waals surface area (Å²) in [5.74, 6) is -3.04. The van der Waals surface area contributed by atoms with E-state index in [4.69, 9.17) is 28.7 Å². The zero-order valence-electron chi connectivity index (χ0n) is 71.5. The molecule has 0 saturated carbocycles. The number of nitrogens with zero attached hydrogens (tertiary/aromatic N) is 5. The van der Waals surface area contributed by atoms with Crippen LogP contribution in [0.2, 0.25) is 0 Å². The molecule has 378 valence electrons. The average Bonchev–Trinajstić information content (AvgIpc) is 1.67. The Kier molecular flexibility index (Phi) is 5.69. The van der Waals surface area contributed by atoms with Crippen molar-refractivity contribution in [1.82, 2.24) is 24.1 Å². The Labute approximate surface area is 517 Å². The first-order chi connectivity index (χ1) is 52.6. The van der Waals surface area contributed by atoms with Gasteiger partial charge in [-0.15, -0.1) is 0 Å². The van der Waals surface area contributed by atoms with Gasteiger partial charge in [-0.1, -0.05) is 0 Å². The van der Waals surface area contributed by atoms with Gasteiger partial charge in [-0.05, 0) is 0 Å². The summed E-state index contributed by atoms with van der Waals surface area (Å²) in [5, 5.41) is -0.394. The monoisotopic (exact) mass is 1140 g/mol. The van der Waals surface area contributed by atoms with Crippen LogP contribution in [-0.2, 0) is 5.41 Å². The molecule has 12 aromatic carbocycles. The molecule has 17 rings (SSSR count). The maximum absolute atomic E-state index is 11.2. The molecule has 0 saturated heterocycles. The van der Waals surface area contributed by atoms with Crippen molar-refractivity contribution in [1.29, 1.82) is 0 Å². The van der Waals surface area contributed by atoms with Crippen molar-refractivity contribution >= 4 is 97.0 Å². The van der Waals surface area contributed by atoms with Gasteiger partial charge in [-0.25, -0.2) is 0 Å². The number of para-hydroxylation sites is 4. The Bertz CT molecular complexity index is 6460. The first kappa shape index (κ1) is 25.7. The molecule has 1 aliphatic carbocycles. The van der Waals surface area contributed by atoms with Crippen molar-refractivity contribution in [3.8, 4) is 34.4 Å². The molecule has 1 atom stereocenters. The van der Waals surface area contributed by atoms with Crippen LogP contribution in [0.25, 0.3) is 88.8 Å². The number of benzene rings is 12. The second-order valence-corrected chi connectivity index (χ2v) is 27.8. The van der Waals surface area contributed by atoms with Crippen LogP contribution in [0, 0.1) is 0 Å². The molecule has 15 aromatic rings. The van der Waals surface area contributed by atoms with Gasteiger partial charge in [-0.3, -0.25) is 0 Å². The van der Waals surface area contributed by atoms with E-state index in [-0.39, 0.29) is 4.40 Å². The fourth-order valence-electron chi connectivity index (χ4n) is 12.1. The topological polar surface area (TPSA) is 48.5 Å². The van der Waals surface area contributed by atoms with Gasteiger partial charge in [-0.2, -0.15) is 0 Å². The molecule has 81 heavy (non-hydrogen) atoms. The van der Waals surface area contributed by atoms with Gasteiger partial charge in [0.1, 0.15) is 0 Å². The minimum absolute atomic E-state index is 0.179. The van der Waals surface area contributed by atoms with E-state index in [9.17, 15) is 27.4 Å². The third kappa shape index (κ3) is 6.66. The Morgan fingerprint density at radius 3 is 1.47 bits per heavy atom. The minimum atomic E-state index is -7.12. The van der Waals surface area contributed by atoms with Crippen molar-refractivity contribution in [2.24, 2.45) is 0 Å². The van der Waals surface area contributed by atoms with Gasteiger partial charge in [0, 0.05) is 0 Å². The Hall–Kier alpha value is -9.60. The average molecular weight is 1140 g/mol. The van der Waals surface area contributed by atoms with Crippen LogP contribution in [0.3, 0.4) is 0 Å². The quantitative estimate of drug-likeness (QED) is 0.149. The van der Waals surface area contributed by atoms with Gasteiger partial charge in [0.15, 0.2) is 0 Å². The molecule has 0 radical (unpaired) electrons. The van der Waals surface area contributed by atoms with E-state index in [0.29, 0.717) is 15.4 Å². The zero-order valence-corrected chi connectivity index (χ0v) is 44.4. The summed E-state index contributed by atoms with van der Waals surface area (Å²) in [7, 11) is 0. The molecule has 4 heterocycles. The van der Waals surface area contributed by atoms with Crippen LogP contribution < -0.4 is 17.6 Å². The molecule has 1 unspecified atom stereocenters. The zero-order chi connectivity index (χ0) is 79.3. The Morgan fingerprint density at radius 2 is 0.864 bits per heavy atom. The van der Waals surface area contributed by atoms with Crippen molar-refractivity contribution < 1.29 is 41.1 Å². The maximum atomic E-state index is 11.2. The fourth-order valence-corrected chi connectivity index (χ4v) is 21.6. The molecule has 0 N–H and O–H groups in total. The van der Waals surface area contributed by atoms with E-state index in [1.54, 1.807) is 12.1 Å². The number of rotatable bonds is 7. The molecule has 0 amide bonds. The molecule has 0 fully saturated rings. The Morgan fingerprint density at radius 1 is 0.370 bits per heavy atom. The van der Waals surface area contributed by atoms with E-state index in [2.05, 4.69) is 12.1 Å². The molecule has 3 aromatic heterocycles. The predicted molar refractivity (Wildman–Crippen MR) is 336 cm³/mol. The molecule has 5 nitrogen and oxygen atoms in total. The molecule has 0 bridgehead atoms. The molecule has 2 aliphatic rings. The van der Waals surface area contributed by atoms with Gasteiger partial charge in [0.2, 0.25) is 0 Å². The number of aromatic nitrogens is 5. The van der Waals surface area contributed by atoms with E-state index in [1.165, 1.54) is 17.8 Å². The van der Waals surface area contributed by atoms with Crippen molar-refractivity contribution in [3.63, 3.8) is 0 Å². The van der Waals surface area contributed by atoms with Crippen molar-refractivity contribution in [3.05, 3.63) is 307 Å². The first-order valence-corrected chi connectivity index (χ1v) is 30.2. The summed E-state index contributed by atoms with van der Waals surface area (Å²) in [6.45, 7) is 0. The van der Waals surface area contributed by atoms with Gasteiger partial charge in [0.25, 0.3) is 0 Å². The second-order valence-electron chi connectivity index (χ2n) is 19.2. The Balaban J connectivity index is 1.09. The summed E-state index contributed by atoms with van der Waals surface area (Å²) >= 11 is -5.89. The number of fused-ring (bicyclic) bond motifs is 16. The summed E-state index contributed by atoms with van der Waals surface area (Å²) in [6, 6.07) is 2.91. The molecule has 1 aliphatic heterocycles.